The van der Waals surface area contributed by atoms with Crippen molar-refractivity contribution >= 4 is 33.2 Å². The van der Waals surface area contributed by atoms with Gasteiger partial charge in [0.25, 0.3) is 0 Å². The quantitative estimate of drug-likeness (QED) is 0.868. The van der Waals surface area contributed by atoms with Gasteiger partial charge in [0.15, 0.2) is 0 Å². The summed E-state index contributed by atoms with van der Waals surface area (Å²) >= 11 is 3.29. The van der Waals surface area contributed by atoms with Crippen molar-refractivity contribution in [1.82, 2.24) is 0 Å². The molecule has 110 valence electrons. The van der Waals surface area contributed by atoms with Gasteiger partial charge in [0.2, 0.25) is 5.91 Å². The van der Waals surface area contributed by atoms with Crippen molar-refractivity contribution in [2.24, 2.45) is 0 Å². The van der Waals surface area contributed by atoms with E-state index in [0.29, 0.717) is 5.69 Å². The smallest absolute Gasteiger partial charge is 0.243 e. The first kappa shape index (κ1) is 15.4. The number of amides is 1. The van der Waals surface area contributed by atoms with Gasteiger partial charge < -0.3 is 10.6 Å². The Balaban J connectivity index is 1.95. The van der Waals surface area contributed by atoms with Crippen LogP contribution in [0.3, 0.4) is 0 Å². The molecule has 0 bridgehead atoms. The summed E-state index contributed by atoms with van der Waals surface area (Å²) < 4.78 is 27.8. The topological polar surface area (TPSA) is 41.1 Å². The van der Waals surface area contributed by atoms with Gasteiger partial charge in [-0.25, -0.2) is 8.78 Å². The lowest BCUT2D eigenvalue weighted by molar-refractivity contribution is -0.114. The molecule has 0 unspecified atom stereocenters. The van der Waals surface area contributed by atoms with E-state index in [1.54, 1.807) is 24.3 Å². The van der Waals surface area contributed by atoms with Crippen LogP contribution in [0.1, 0.15) is 5.56 Å². The van der Waals surface area contributed by atoms with Crippen LogP contribution >= 0.6 is 15.9 Å². The SMILES string of the molecule is Cc1cc(F)c(NCC(=O)Nc2ccc(Br)cc2)cc1F. The van der Waals surface area contributed by atoms with Crippen LogP contribution in [0.5, 0.6) is 0 Å². The Bertz CT molecular complexity index is 659. The van der Waals surface area contributed by atoms with Gasteiger partial charge in [-0.2, -0.15) is 0 Å². The van der Waals surface area contributed by atoms with Crippen LogP contribution in [0.2, 0.25) is 0 Å². The number of aryl methyl sites for hydroxylation is 1. The van der Waals surface area contributed by atoms with E-state index in [9.17, 15) is 13.6 Å². The fourth-order valence-corrected chi connectivity index (χ4v) is 1.96. The highest BCUT2D eigenvalue weighted by Gasteiger charge is 2.09. The lowest BCUT2D eigenvalue weighted by Crippen LogP contribution is -2.22. The zero-order valence-corrected chi connectivity index (χ0v) is 12.8. The Labute approximate surface area is 129 Å². The van der Waals surface area contributed by atoms with Gasteiger partial charge in [0, 0.05) is 16.2 Å². The maximum atomic E-state index is 13.6. The molecule has 2 aromatic carbocycles. The van der Waals surface area contributed by atoms with Gasteiger partial charge in [0.1, 0.15) is 11.6 Å². The Morgan fingerprint density at radius 1 is 1.14 bits per heavy atom. The Morgan fingerprint density at radius 2 is 1.81 bits per heavy atom. The second-order valence-electron chi connectivity index (χ2n) is 4.49. The molecule has 3 nitrogen and oxygen atoms in total. The molecule has 0 aliphatic rings. The number of halogens is 3. The van der Waals surface area contributed by atoms with Crippen LogP contribution in [0.15, 0.2) is 40.9 Å². The molecule has 0 atom stereocenters. The van der Waals surface area contributed by atoms with Crippen LogP contribution < -0.4 is 10.6 Å². The van der Waals surface area contributed by atoms with Crippen molar-refractivity contribution in [2.45, 2.75) is 6.92 Å². The number of hydrogen-bond acceptors (Lipinski definition) is 2. The zero-order chi connectivity index (χ0) is 15.4. The molecule has 6 heteroatoms. The predicted octanol–water partition coefficient (Wildman–Crippen LogP) is 4.09. The highest BCUT2D eigenvalue weighted by Crippen LogP contribution is 2.19. The molecule has 0 aliphatic carbocycles. The second kappa shape index (κ2) is 6.67. The number of hydrogen-bond donors (Lipinski definition) is 2. The van der Waals surface area contributed by atoms with Crippen molar-refractivity contribution in [3.8, 4) is 0 Å². The first-order chi connectivity index (χ1) is 9.95. The van der Waals surface area contributed by atoms with Gasteiger partial charge in [0.05, 0.1) is 12.2 Å². The molecule has 0 spiro atoms. The van der Waals surface area contributed by atoms with Crippen molar-refractivity contribution in [3.05, 3.63) is 58.1 Å². The van der Waals surface area contributed by atoms with Gasteiger partial charge in [-0.05, 0) is 42.8 Å². The molecule has 2 rings (SSSR count). The standard InChI is InChI=1S/C15H13BrF2N2O/c1-9-6-13(18)14(7-12(9)17)19-8-15(21)20-11-4-2-10(16)3-5-11/h2-7,19H,8H2,1H3,(H,20,21). The molecule has 0 radical (unpaired) electrons. The predicted molar refractivity (Wildman–Crippen MR) is 82.4 cm³/mol. The average Bonchev–Trinajstić information content (AvgIpc) is 2.44. The fourth-order valence-electron chi connectivity index (χ4n) is 1.70. The monoisotopic (exact) mass is 354 g/mol. The number of carbonyl (C=O) groups is 1. The van der Waals surface area contributed by atoms with Gasteiger partial charge in [-0.1, -0.05) is 15.9 Å². The molecule has 2 N–H and O–H groups in total. The first-order valence-corrected chi connectivity index (χ1v) is 7.00. The molecule has 0 saturated heterocycles. The molecular formula is C15H13BrF2N2O. The molecule has 0 aromatic heterocycles. The molecule has 0 heterocycles. The number of rotatable bonds is 4. The van der Waals surface area contributed by atoms with E-state index in [4.69, 9.17) is 0 Å². The molecule has 1 amide bonds. The summed E-state index contributed by atoms with van der Waals surface area (Å²) in [6, 6.07) is 9.17. The molecule has 0 aliphatic heterocycles. The summed E-state index contributed by atoms with van der Waals surface area (Å²) in [5, 5.41) is 5.22. The third kappa shape index (κ3) is 4.26. The number of nitrogens with one attached hydrogen (secondary N) is 2. The molecule has 21 heavy (non-hydrogen) atoms. The van der Waals surface area contributed by atoms with Gasteiger partial charge >= 0.3 is 0 Å². The van der Waals surface area contributed by atoms with Crippen LogP contribution in [-0.4, -0.2) is 12.5 Å². The van der Waals surface area contributed by atoms with Crippen molar-refractivity contribution < 1.29 is 13.6 Å². The maximum Gasteiger partial charge on any atom is 0.243 e. The Morgan fingerprint density at radius 3 is 2.48 bits per heavy atom. The van der Waals surface area contributed by atoms with Crippen LogP contribution in [0.4, 0.5) is 20.2 Å². The van der Waals surface area contributed by atoms with E-state index >= 15 is 0 Å². The summed E-state index contributed by atoms with van der Waals surface area (Å²) in [5.74, 6) is -1.46. The van der Waals surface area contributed by atoms with Crippen molar-refractivity contribution in [2.75, 3.05) is 17.2 Å². The molecule has 0 saturated carbocycles. The normalized spacial score (nSPS) is 10.3. The van der Waals surface area contributed by atoms with Crippen molar-refractivity contribution in [1.29, 1.82) is 0 Å². The minimum atomic E-state index is -0.592. The van der Waals surface area contributed by atoms with Crippen molar-refractivity contribution in [3.63, 3.8) is 0 Å². The third-order valence-electron chi connectivity index (χ3n) is 2.82. The van der Waals surface area contributed by atoms with E-state index in [1.165, 1.54) is 6.92 Å². The van der Waals surface area contributed by atoms with E-state index < -0.39 is 11.6 Å². The van der Waals surface area contributed by atoms with E-state index in [-0.39, 0.29) is 23.7 Å². The van der Waals surface area contributed by atoms with E-state index in [0.717, 1.165) is 16.6 Å². The third-order valence-corrected chi connectivity index (χ3v) is 3.34. The fraction of sp³-hybridized carbons (Fsp3) is 0.133. The highest BCUT2D eigenvalue weighted by molar-refractivity contribution is 9.10. The maximum absolute atomic E-state index is 13.6. The average molecular weight is 355 g/mol. The number of benzene rings is 2. The van der Waals surface area contributed by atoms with Gasteiger partial charge in [-0.15, -0.1) is 0 Å². The summed E-state index contributed by atoms with van der Waals surface area (Å²) in [7, 11) is 0. The lowest BCUT2D eigenvalue weighted by Gasteiger charge is -2.09. The highest BCUT2D eigenvalue weighted by atomic mass is 79.9. The minimum absolute atomic E-state index is 0.0379. The lowest BCUT2D eigenvalue weighted by atomic mass is 10.2. The Kier molecular flexibility index (Phi) is 4.90. The summed E-state index contributed by atoms with van der Waals surface area (Å²) in [6.07, 6.45) is 0. The second-order valence-corrected chi connectivity index (χ2v) is 5.41. The largest absolute Gasteiger partial charge is 0.374 e. The number of carbonyl (C=O) groups excluding carboxylic acids is 1. The summed E-state index contributed by atoms with van der Waals surface area (Å²) in [6.45, 7) is 1.32. The molecule has 2 aromatic rings. The molecule has 0 fully saturated rings. The van der Waals surface area contributed by atoms with Gasteiger partial charge in [-0.3, -0.25) is 4.79 Å². The summed E-state index contributed by atoms with van der Waals surface area (Å²) in [4.78, 5) is 11.7. The zero-order valence-electron chi connectivity index (χ0n) is 11.2. The van der Waals surface area contributed by atoms with Crippen LogP contribution in [-0.2, 0) is 4.79 Å². The Hall–Kier alpha value is -1.95. The van der Waals surface area contributed by atoms with Crippen LogP contribution in [0.25, 0.3) is 0 Å². The number of anilines is 2. The summed E-state index contributed by atoms with van der Waals surface area (Å²) in [5.41, 5.74) is 0.807. The minimum Gasteiger partial charge on any atom is -0.374 e. The van der Waals surface area contributed by atoms with E-state index in [1.807, 2.05) is 0 Å². The molecular weight excluding hydrogens is 342 g/mol. The van der Waals surface area contributed by atoms with E-state index in [2.05, 4.69) is 26.6 Å². The first-order valence-electron chi connectivity index (χ1n) is 6.20. The van der Waals surface area contributed by atoms with Crippen LogP contribution in [0, 0.1) is 18.6 Å².